The smallest absolute Gasteiger partial charge is 0.242 e. The fourth-order valence-corrected chi connectivity index (χ4v) is 4.33. The van der Waals surface area contributed by atoms with Crippen molar-refractivity contribution in [2.75, 3.05) is 19.6 Å². The largest absolute Gasteiger partial charge is 0.346 e. The summed E-state index contributed by atoms with van der Waals surface area (Å²) < 4.78 is 39.8. The molecule has 1 aromatic carbocycles. The van der Waals surface area contributed by atoms with E-state index in [-0.39, 0.29) is 23.9 Å². The molecule has 2 rings (SSSR count). The van der Waals surface area contributed by atoms with Crippen LogP contribution in [0.2, 0.25) is 4.34 Å². The summed E-state index contributed by atoms with van der Waals surface area (Å²) in [5.41, 5.74) is 0. The minimum absolute atomic E-state index is 0.172. The molecular weight excluding hydrogens is 441 g/mol. The highest BCUT2D eigenvalue weighted by molar-refractivity contribution is 7.89. The Bertz CT molecular complexity index is 977. The van der Waals surface area contributed by atoms with Crippen molar-refractivity contribution in [2.24, 2.45) is 0 Å². The van der Waals surface area contributed by atoms with Crippen molar-refractivity contribution in [2.45, 2.75) is 11.4 Å². The van der Waals surface area contributed by atoms with Gasteiger partial charge in [0.05, 0.1) is 28.9 Å². The molecule has 0 spiro atoms. The number of sulfonamides is 1. The molecule has 11 heteroatoms. The van der Waals surface area contributed by atoms with Gasteiger partial charge in [0.2, 0.25) is 21.8 Å². The van der Waals surface area contributed by atoms with Crippen LogP contribution in [-0.2, 0) is 26.2 Å². The number of carbonyl (C=O) groups excluding carboxylic acids is 2. The third-order valence-corrected chi connectivity index (χ3v) is 6.29. The molecule has 7 nitrogen and oxygen atoms in total. The Kier molecular flexibility index (Phi) is 8.32. The van der Waals surface area contributed by atoms with Crippen LogP contribution in [0.15, 0.2) is 53.9 Å². The average molecular weight is 460 g/mol. The second kappa shape index (κ2) is 10.5. The van der Waals surface area contributed by atoms with Crippen LogP contribution < -0.4 is 10.0 Å². The molecular formula is C18H19ClFN3O4S2. The minimum Gasteiger partial charge on any atom is -0.346 e. The molecule has 2 N–H and O–H groups in total. The average Bonchev–Trinajstić information content (AvgIpc) is 3.09. The topological polar surface area (TPSA) is 95.6 Å². The maximum atomic E-state index is 12.9. The summed E-state index contributed by atoms with van der Waals surface area (Å²) in [6.45, 7) is 3.34. The van der Waals surface area contributed by atoms with Crippen molar-refractivity contribution in [1.29, 1.82) is 0 Å². The number of nitrogens with zero attached hydrogens (tertiary/aromatic N) is 1. The molecule has 1 aromatic heterocycles. The van der Waals surface area contributed by atoms with E-state index in [0.717, 1.165) is 29.1 Å². The van der Waals surface area contributed by atoms with Gasteiger partial charge in [-0.15, -0.1) is 17.9 Å². The first-order chi connectivity index (χ1) is 13.7. The van der Waals surface area contributed by atoms with Crippen molar-refractivity contribution < 1.29 is 22.4 Å². The lowest BCUT2D eigenvalue weighted by molar-refractivity contribution is -0.132. The van der Waals surface area contributed by atoms with Crippen LogP contribution in [0.3, 0.4) is 0 Å². The number of hydrogen-bond donors (Lipinski definition) is 2. The normalized spacial score (nSPS) is 11.1. The van der Waals surface area contributed by atoms with Gasteiger partial charge in [0.25, 0.3) is 0 Å². The molecule has 0 unspecified atom stereocenters. The van der Waals surface area contributed by atoms with Gasteiger partial charge in [-0.25, -0.2) is 17.5 Å². The van der Waals surface area contributed by atoms with E-state index in [1.54, 1.807) is 18.2 Å². The van der Waals surface area contributed by atoms with Crippen molar-refractivity contribution >= 4 is 44.8 Å². The predicted molar refractivity (Wildman–Crippen MR) is 110 cm³/mol. The highest BCUT2D eigenvalue weighted by Gasteiger charge is 2.18. The molecule has 0 aliphatic carbocycles. The summed E-state index contributed by atoms with van der Waals surface area (Å²) >= 11 is 7.23. The SMILES string of the molecule is C=CCN(Cc1ccc(Cl)s1)C(=O)CNC(=O)CNS(=O)(=O)c1ccc(F)cc1. The van der Waals surface area contributed by atoms with Gasteiger partial charge in [-0.2, -0.15) is 0 Å². The van der Waals surface area contributed by atoms with Crippen LogP contribution >= 0.6 is 22.9 Å². The van der Waals surface area contributed by atoms with E-state index >= 15 is 0 Å². The lowest BCUT2D eigenvalue weighted by Gasteiger charge is -2.20. The third-order valence-electron chi connectivity index (χ3n) is 3.66. The Morgan fingerprint density at radius 3 is 2.45 bits per heavy atom. The second-order valence-electron chi connectivity index (χ2n) is 5.82. The van der Waals surface area contributed by atoms with E-state index in [2.05, 4.69) is 16.6 Å². The molecule has 0 saturated carbocycles. The Morgan fingerprint density at radius 1 is 1.17 bits per heavy atom. The summed E-state index contributed by atoms with van der Waals surface area (Å²) in [5.74, 6) is -1.61. The molecule has 0 atom stereocenters. The van der Waals surface area contributed by atoms with Gasteiger partial charge in [-0.3, -0.25) is 9.59 Å². The molecule has 0 bridgehead atoms. The van der Waals surface area contributed by atoms with E-state index in [4.69, 9.17) is 11.6 Å². The van der Waals surface area contributed by atoms with E-state index in [0.29, 0.717) is 10.9 Å². The van der Waals surface area contributed by atoms with Gasteiger partial charge in [-0.1, -0.05) is 17.7 Å². The lowest BCUT2D eigenvalue weighted by Crippen LogP contribution is -2.43. The monoisotopic (exact) mass is 459 g/mol. The fourth-order valence-electron chi connectivity index (χ4n) is 2.24. The van der Waals surface area contributed by atoms with E-state index in [1.165, 1.54) is 16.2 Å². The standard InChI is InChI=1S/C18H19ClFN3O4S2/c1-2-9-23(12-14-5-8-16(19)28-14)18(25)11-21-17(24)10-22-29(26,27)15-6-3-13(20)4-7-15/h2-8,22H,1,9-12H2,(H,21,24). The summed E-state index contributed by atoms with van der Waals surface area (Å²) in [6, 6.07) is 7.71. The molecule has 0 aliphatic heterocycles. The highest BCUT2D eigenvalue weighted by Crippen LogP contribution is 2.22. The van der Waals surface area contributed by atoms with Crippen LogP contribution in [-0.4, -0.2) is 44.8 Å². The van der Waals surface area contributed by atoms with Crippen LogP contribution in [0, 0.1) is 5.82 Å². The van der Waals surface area contributed by atoms with Crippen LogP contribution in [0.25, 0.3) is 0 Å². The van der Waals surface area contributed by atoms with Crippen LogP contribution in [0.1, 0.15) is 4.88 Å². The number of amides is 2. The number of hydrogen-bond acceptors (Lipinski definition) is 5. The molecule has 2 amide bonds. The fraction of sp³-hybridized carbons (Fsp3) is 0.222. The minimum atomic E-state index is -3.97. The second-order valence-corrected chi connectivity index (χ2v) is 9.39. The van der Waals surface area contributed by atoms with Crippen molar-refractivity contribution in [3.63, 3.8) is 0 Å². The van der Waals surface area contributed by atoms with Crippen LogP contribution in [0.4, 0.5) is 4.39 Å². The first-order valence-electron chi connectivity index (χ1n) is 8.36. The molecule has 0 aliphatic rings. The zero-order valence-electron chi connectivity index (χ0n) is 15.2. The van der Waals surface area contributed by atoms with E-state index < -0.39 is 28.3 Å². The first-order valence-corrected chi connectivity index (χ1v) is 11.0. The summed E-state index contributed by atoms with van der Waals surface area (Å²) in [7, 11) is -3.97. The predicted octanol–water partition coefficient (Wildman–Crippen LogP) is 2.15. The number of thiophene rings is 1. The Labute approximate surface area is 177 Å². The van der Waals surface area contributed by atoms with Gasteiger partial charge >= 0.3 is 0 Å². The molecule has 0 fully saturated rings. The zero-order chi connectivity index (χ0) is 21.4. The summed E-state index contributed by atoms with van der Waals surface area (Å²) in [4.78, 5) is 26.5. The first kappa shape index (κ1) is 23.0. The van der Waals surface area contributed by atoms with E-state index in [1.807, 2.05) is 0 Å². The van der Waals surface area contributed by atoms with Gasteiger partial charge in [0, 0.05) is 11.4 Å². The third kappa shape index (κ3) is 7.24. The number of nitrogens with one attached hydrogen (secondary N) is 2. The number of rotatable bonds is 10. The maximum Gasteiger partial charge on any atom is 0.242 e. The number of halogens is 2. The van der Waals surface area contributed by atoms with E-state index in [9.17, 15) is 22.4 Å². The summed E-state index contributed by atoms with van der Waals surface area (Å²) in [5, 5.41) is 2.37. The Morgan fingerprint density at radius 2 is 1.86 bits per heavy atom. The Hall–Kier alpha value is -2.27. The molecule has 2 aromatic rings. The molecule has 156 valence electrons. The maximum absolute atomic E-state index is 12.9. The van der Waals surface area contributed by atoms with Gasteiger partial charge < -0.3 is 10.2 Å². The van der Waals surface area contributed by atoms with Crippen LogP contribution in [0.5, 0.6) is 0 Å². The summed E-state index contributed by atoms with van der Waals surface area (Å²) in [6.07, 6.45) is 1.56. The number of carbonyl (C=O) groups is 2. The van der Waals surface area contributed by atoms with Crippen molar-refractivity contribution in [1.82, 2.24) is 14.9 Å². The zero-order valence-corrected chi connectivity index (χ0v) is 17.6. The van der Waals surface area contributed by atoms with Crippen molar-refractivity contribution in [3.05, 3.63) is 64.1 Å². The molecule has 0 saturated heterocycles. The molecule has 1 heterocycles. The highest BCUT2D eigenvalue weighted by atomic mass is 35.5. The quantitative estimate of drug-likeness (QED) is 0.532. The lowest BCUT2D eigenvalue weighted by atomic mass is 10.3. The van der Waals surface area contributed by atoms with Gasteiger partial charge in [-0.05, 0) is 36.4 Å². The molecule has 29 heavy (non-hydrogen) atoms. The van der Waals surface area contributed by atoms with Gasteiger partial charge in [0.15, 0.2) is 0 Å². The Balaban J connectivity index is 1.85. The van der Waals surface area contributed by atoms with Crippen molar-refractivity contribution in [3.8, 4) is 0 Å². The number of benzene rings is 1. The molecule has 0 radical (unpaired) electrons. The van der Waals surface area contributed by atoms with Gasteiger partial charge in [0.1, 0.15) is 5.82 Å².